The summed E-state index contributed by atoms with van der Waals surface area (Å²) >= 11 is 0. The van der Waals surface area contributed by atoms with E-state index in [4.69, 9.17) is 9.47 Å². The standard InChI is InChI=1S/C26H30FN5O4/c1-17-12-19(6-9-24(17)35-2)14-31-15-21(32-16-22(29-30-32)26(34)36-3)13-23(31)25(33)28-11-10-18-4-7-20(27)8-5-18/h4-9,12,16,21,23H,10-11,13-15H2,1-3H3,(H,28,33)/t21-,23+/m1/s1. The molecule has 1 N–H and O–H groups in total. The maximum absolute atomic E-state index is 13.2. The van der Waals surface area contributed by atoms with Crippen LogP contribution in [-0.2, 0) is 22.5 Å². The van der Waals surface area contributed by atoms with Crippen LogP contribution in [0.4, 0.5) is 4.39 Å². The number of nitrogens with one attached hydrogen (secondary N) is 1. The predicted octanol–water partition coefficient (Wildman–Crippen LogP) is 2.70. The molecule has 0 radical (unpaired) electrons. The van der Waals surface area contributed by atoms with Crippen LogP contribution in [-0.4, -0.2) is 65.1 Å². The molecule has 0 bridgehead atoms. The van der Waals surface area contributed by atoms with Crippen LogP contribution in [0.15, 0.2) is 48.7 Å². The van der Waals surface area contributed by atoms with Crippen LogP contribution >= 0.6 is 0 Å². The molecule has 0 aliphatic carbocycles. The Morgan fingerprint density at radius 2 is 1.89 bits per heavy atom. The highest BCUT2D eigenvalue weighted by Gasteiger charge is 2.38. The number of rotatable bonds is 9. The maximum Gasteiger partial charge on any atom is 0.360 e. The molecule has 1 aliphatic rings. The number of benzene rings is 2. The molecular formula is C26H30FN5O4. The third kappa shape index (κ3) is 5.88. The molecule has 0 spiro atoms. The van der Waals surface area contributed by atoms with E-state index < -0.39 is 12.0 Å². The van der Waals surface area contributed by atoms with Gasteiger partial charge in [0, 0.05) is 19.6 Å². The quantitative estimate of drug-likeness (QED) is 0.456. The van der Waals surface area contributed by atoms with Gasteiger partial charge in [0.15, 0.2) is 5.69 Å². The highest BCUT2D eigenvalue weighted by atomic mass is 19.1. The van der Waals surface area contributed by atoms with Crippen molar-refractivity contribution in [1.82, 2.24) is 25.2 Å². The van der Waals surface area contributed by atoms with Crippen LogP contribution in [0.2, 0.25) is 0 Å². The van der Waals surface area contributed by atoms with Gasteiger partial charge in [0.05, 0.1) is 32.5 Å². The fraction of sp³-hybridized carbons (Fsp3) is 0.385. The predicted molar refractivity (Wildman–Crippen MR) is 130 cm³/mol. The molecule has 2 heterocycles. The zero-order valence-electron chi connectivity index (χ0n) is 20.6. The molecule has 1 saturated heterocycles. The number of carbonyl (C=O) groups is 2. The Morgan fingerprint density at radius 1 is 1.14 bits per heavy atom. The number of hydrogen-bond donors (Lipinski definition) is 1. The second kappa shape index (κ2) is 11.3. The lowest BCUT2D eigenvalue weighted by Crippen LogP contribution is -2.43. The average Bonchev–Trinajstić information content (AvgIpc) is 3.52. The number of methoxy groups -OCH3 is 2. The van der Waals surface area contributed by atoms with Gasteiger partial charge in [0.2, 0.25) is 5.91 Å². The molecule has 10 heteroatoms. The summed E-state index contributed by atoms with van der Waals surface area (Å²) in [7, 11) is 2.93. The van der Waals surface area contributed by atoms with E-state index in [1.807, 2.05) is 19.1 Å². The molecule has 0 saturated carbocycles. The smallest absolute Gasteiger partial charge is 0.360 e. The molecule has 9 nitrogen and oxygen atoms in total. The number of ether oxygens (including phenoxy) is 2. The molecule has 1 amide bonds. The van der Waals surface area contributed by atoms with Crippen molar-refractivity contribution in [2.45, 2.75) is 38.4 Å². The molecule has 1 fully saturated rings. The lowest BCUT2D eigenvalue weighted by Gasteiger charge is -2.24. The molecule has 1 aromatic heterocycles. The van der Waals surface area contributed by atoms with Crippen molar-refractivity contribution in [2.24, 2.45) is 0 Å². The van der Waals surface area contributed by atoms with Gasteiger partial charge in [-0.15, -0.1) is 5.10 Å². The van der Waals surface area contributed by atoms with Crippen molar-refractivity contribution in [3.63, 3.8) is 0 Å². The van der Waals surface area contributed by atoms with E-state index in [2.05, 4.69) is 26.6 Å². The molecule has 2 atom stereocenters. The molecule has 3 aromatic rings. The van der Waals surface area contributed by atoms with Gasteiger partial charge in [0.25, 0.3) is 0 Å². The van der Waals surface area contributed by atoms with Crippen molar-refractivity contribution in [3.05, 3.63) is 76.9 Å². The third-order valence-electron chi connectivity index (χ3n) is 6.43. The zero-order valence-corrected chi connectivity index (χ0v) is 20.6. The number of aryl methyl sites for hydroxylation is 1. The van der Waals surface area contributed by atoms with Gasteiger partial charge in [-0.2, -0.15) is 0 Å². The highest BCUT2D eigenvalue weighted by Crippen LogP contribution is 2.30. The van der Waals surface area contributed by atoms with Gasteiger partial charge in [-0.25, -0.2) is 13.9 Å². The molecule has 2 aromatic carbocycles. The minimum absolute atomic E-state index is 0.0850. The van der Waals surface area contributed by atoms with E-state index in [1.54, 1.807) is 30.1 Å². The summed E-state index contributed by atoms with van der Waals surface area (Å²) in [4.78, 5) is 27.2. The van der Waals surface area contributed by atoms with E-state index in [0.717, 1.165) is 22.4 Å². The summed E-state index contributed by atoms with van der Waals surface area (Å²) in [5.41, 5.74) is 3.16. The Balaban J connectivity index is 1.47. The summed E-state index contributed by atoms with van der Waals surface area (Å²) < 4.78 is 24.9. The van der Waals surface area contributed by atoms with Gasteiger partial charge < -0.3 is 14.8 Å². The van der Waals surface area contributed by atoms with Crippen LogP contribution in [0.3, 0.4) is 0 Å². The first-order chi connectivity index (χ1) is 17.4. The molecule has 4 rings (SSSR count). The normalized spacial score (nSPS) is 17.7. The van der Waals surface area contributed by atoms with Crippen molar-refractivity contribution in [2.75, 3.05) is 27.3 Å². The van der Waals surface area contributed by atoms with Gasteiger partial charge >= 0.3 is 5.97 Å². The largest absolute Gasteiger partial charge is 0.496 e. The lowest BCUT2D eigenvalue weighted by molar-refractivity contribution is -0.125. The second-order valence-corrected chi connectivity index (χ2v) is 8.88. The number of halogens is 1. The number of amides is 1. The highest BCUT2D eigenvalue weighted by molar-refractivity contribution is 5.86. The van der Waals surface area contributed by atoms with E-state index >= 15 is 0 Å². The Hall–Kier alpha value is -3.79. The molecule has 0 unspecified atom stereocenters. The number of nitrogens with zero attached hydrogens (tertiary/aromatic N) is 4. The summed E-state index contributed by atoms with van der Waals surface area (Å²) in [6.45, 7) is 3.55. The van der Waals surface area contributed by atoms with E-state index in [1.165, 1.54) is 19.2 Å². The molecular weight excluding hydrogens is 465 g/mol. The van der Waals surface area contributed by atoms with Crippen molar-refractivity contribution < 1.29 is 23.5 Å². The van der Waals surface area contributed by atoms with Gasteiger partial charge in [-0.05, 0) is 54.7 Å². The monoisotopic (exact) mass is 495 g/mol. The number of hydrogen-bond acceptors (Lipinski definition) is 7. The second-order valence-electron chi connectivity index (χ2n) is 8.88. The fourth-order valence-electron chi connectivity index (χ4n) is 4.54. The average molecular weight is 496 g/mol. The maximum atomic E-state index is 13.2. The number of aromatic nitrogens is 3. The van der Waals surface area contributed by atoms with Gasteiger partial charge in [-0.3, -0.25) is 9.69 Å². The van der Waals surface area contributed by atoms with Gasteiger partial charge in [0.1, 0.15) is 11.6 Å². The Bertz CT molecular complexity index is 1210. The SMILES string of the molecule is COC(=O)c1cn([C@@H]2C[C@@H](C(=O)NCCc3ccc(F)cc3)N(Cc3ccc(OC)c(C)c3)C2)nn1. The van der Waals surface area contributed by atoms with E-state index in [-0.39, 0.29) is 23.5 Å². The van der Waals surface area contributed by atoms with E-state index in [9.17, 15) is 14.0 Å². The first-order valence-electron chi connectivity index (χ1n) is 11.8. The summed E-state index contributed by atoms with van der Waals surface area (Å²) in [6.07, 6.45) is 2.67. The van der Waals surface area contributed by atoms with Crippen LogP contribution in [0, 0.1) is 12.7 Å². The number of carbonyl (C=O) groups excluding carboxylic acids is 2. The summed E-state index contributed by atoms with van der Waals surface area (Å²) in [5.74, 6) is -0.114. The van der Waals surface area contributed by atoms with Crippen LogP contribution in [0.1, 0.15) is 39.6 Å². The fourth-order valence-corrected chi connectivity index (χ4v) is 4.54. The van der Waals surface area contributed by atoms with Crippen LogP contribution < -0.4 is 10.1 Å². The van der Waals surface area contributed by atoms with Crippen LogP contribution in [0.25, 0.3) is 0 Å². The van der Waals surface area contributed by atoms with E-state index in [0.29, 0.717) is 32.5 Å². The Morgan fingerprint density at radius 3 is 2.58 bits per heavy atom. The first kappa shape index (κ1) is 25.3. The van der Waals surface area contributed by atoms with Crippen LogP contribution in [0.5, 0.6) is 5.75 Å². The Labute approximate surface area is 209 Å². The minimum Gasteiger partial charge on any atom is -0.496 e. The number of esters is 1. The van der Waals surface area contributed by atoms with Crippen molar-refractivity contribution in [1.29, 1.82) is 0 Å². The minimum atomic E-state index is -0.556. The van der Waals surface area contributed by atoms with Crippen molar-refractivity contribution >= 4 is 11.9 Å². The summed E-state index contributed by atoms with van der Waals surface area (Å²) in [5, 5.41) is 11.0. The van der Waals surface area contributed by atoms with Gasteiger partial charge in [-0.1, -0.05) is 29.5 Å². The number of likely N-dealkylation sites (tertiary alicyclic amines) is 1. The zero-order chi connectivity index (χ0) is 25.7. The molecule has 36 heavy (non-hydrogen) atoms. The first-order valence-corrected chi connectivity index (χ1v) is 11.8. The lowest BCUT2D eigenvalue weighted by atomic mass is 10.1. The third-order valence-corrected chi connectivity index (χ3v) is 6.43. The summed E-state index contributed by atoms with van der Waals surface area (Å²) in [6, 6.07) is 11.7. The molecule has 190 valence electrons. The molecule has 1 aliphatic heterocycles. The topological polar surface area (TPSA) is 98.6 Å². The Kier molecular flexibility index (Phi) is 7.94. The van der Waals surface area contributed by atoms with Crippen molar-refractivity contribution in [3.8, 4) is 5.75 Å².